The molecule has 0 aliphatic carbocycles. The zero-order valence-corrected chi connectivity index (χ0v) is 9.76. The summed E-state index contributed by atoms with van der Waals surface area (Å²) < 4.78 is 0. The third-order valence-corrected chi connectivity index (χ3v) is 1.79. The van der Waals surface area contributed by atoms with Crippen LogP contribution >= 0.6 is 0 Å². The summed E-state index contributed by atoms with van der Waals surface area (Å²) in [7, 11) is 0. The normalized spacial score (nSPS) is 8.47. The molecule has 2 heteroatoms. The molecule has 1 N–H and O–H groups in total. The van der Waals surface area contributed by atoms with Crippen molar-refractivity contribution in [3.05, 3.63) is 41.8 Å². The molecule has 0 aliphatic heterocycles. The van der Waals surface area contributed by atoms with Crippen LogP contribution in [0.25, 0.3) is 0 Å². The Hall–Kier alpha value is -1.53. The van der Waals surface area contributed by atoms with Crippen molar-refractivity contribution >= 4 is 5.91 Å². The minimum Gasteiger partial charge on any atom is -0.322 e. The summed E-state index contributed by atoms with van der Waals surface area (Å²) in [5, 5.41) is 2.53. The van der Waals surface area contributed by atoms with Gasteiger partial charge < -0.3 is 5.32 Å². The Labute approximate surface area is 92.1 Å². The molecule has 15 heavy (non-hydrogen) atoms. The molecule has 0 unspecified atom stereocenters. The molecule has 0 aromatic heterocycles. The maximum absolute atomic E-state index is 10.8. The highest BCUT2D eigenvalue weighted by Crippen LogP contribution is 2.04. The number of carbonyl (C=O) groups excluding carboxylic acids is 1. The number of allylic oxidation sites excluding steroid dienone is 3. The predicted octanol–water partition coefficient (Wildman–Crippen LogP) is 3.09. The van der Waals surface area contributed by atoms with Crippen LogP contribution in [0.1, 0.15) is 33.6 Å². The fourth-order valence-corrected chi connectivity index (χ4v) is 0.939. The molecule has 0 aromatic carbocycles. The van der Waals surface area contributed by atoms with Crippen LogP contribution in [0.3, 0.4) is 0 Å². The van der Waals surface area contributed by atoms with E-state index in [1.807, 2.05) is 6.92 Å². The molecule has 0 heterocycles. The number of amides is 1. The van der Waals surface area contributed by atoms with Gasteiger partial charge in [0.25, 0.3) is 0 Å². The lowest BCUT2D eigenvalue weighted by atomic mass is 10.1. The van der Waals surface area contributed by atoms with Gasteiger partial charge in [-0.15, -0.1) is 5.73 Å². The summed E-state index contributed by atoms with van der Waals surface area (Å²) in [4.78, 5) is 10.8. The minimum atomic E-state index is -0.209. The molecule has 0 aromatic rings. The van der Waals surface area contributed by atoms with E-state index in [1.54, 1.807) is 0 Å². The first kappa shape index (κ1) is 13.5. The fraction of sp³-hybridized carbons (Fsp3) is 0.385. The predicted molar refractivity (Wildman–Crippen MR) is 64.3 cm³/mol. The molecule has 0 rings (SSSR count). The number of rotatable bonds is 5. The van der Waals surface area contributed by atoms with E-state index in [1.165, 1.54) is 17.8 Å². The molecular weight excluding hydrogens is 186 g/mol. The Morgan fingerprint density at radius 2 is 2.07 bits per heavy atom. The third kappa shape index (κ3) is 8.79. The van der Waals surface area contributed by atoms with Crippen molar-refractivity contribution in [1.29, 1.82) is 0 Å². The van der Waals surface area contributed by atoms with E-state index in [9.17, 15) is 4.79 Å². The van der Waals surface area contributed by atoms with Gasteiger partial charge in [0.05, 0.1) is 0 Å². The van der Waals surface area contributed by atoms with Gasteiger partial charge in [-0.1, -0.05) is 18.2 Å². The topological polar surface area (TPSA) is 29.1 Å². The van der Waals surface area contributed by atoms with E-state index >= 15 is 0 Å². The fourth-order valence-electron chi connectivity index (χ4n) is 0.939. The molecule has 0 fully saturated rings. The number of nitrogens with one attached hydrogen (secondary N) is 1. The van der Waals surface area contributed by atoms with E-state index in [0.717, 1.165) is 18.4 Å². The zero-order chi connectivity index (χ0) is 11.7. The molecule has 0 saturated heterocycles. The van der Waals surface area contributed by atoms with E-state index in [2.05, 4.69) is 37.6 Å². The highest BCUT2D eigenvalue weighted by molar-refractivity contribution is 5.87. The van der Waals surface area contributed by atoms with Crippen LogP contribution in [0.5, 0.6) is 0 Å². The third-order valence-electron chi connectivity index (χ3n) is 1.79. The molecule has 82 valence electrons. The standard InChI is InChI=1S/C13H19NO/c1-5-13(15)14-10-9-12(4)8-6-7-11(2)3/h5,7,10H,1,6,8H2,2-4H3,(H,14,15). The van der Waals surface area contributed by atoms with E-state index in [-0.39, 0.29) is 5.91 Å². The Bertz CT molecular complexity index is 313. The largest absolute Gasteiger partial charge is 0.322 e. The highest BCUT2D eigenvalue weighted by atomic mass is 16.1. The van der Waals surface area contributed by atoms with Gasteiger partial charge in [-0.3, -0.25) is 4.79 Å². The Kier molecular flexibility index (Phi) is 7.04. The summed E-state index contributed by atoms with van der Waals surface area (Å²) in [5.41, 5.74) is 5.45. The van der Waals surface area contributed by atoms with Gasteiger partial charge in [0.2, 0.25) is 5.91 Å². The van der Waals surface area contributed by atoms with Crippen molar-refractivity contribution < 1.29 is 4.79 Å². The maximum Gasteiger partial charge on any atom is 0.247 e. The Morgan fingerprint density at radius 3 is 2.60 bits per heavy atom. The average Bonchev–Trinajstić information content (AvgIpc) is 2.17. The highest BCUT2D eigenvalue weighted by Gasteiger charge is 1.87. The van der Waals surface area contributed by atoms with Crippen LogP contribution in [0.2, 0.25) is 0 Å². The zero-order valence-electron chi connectivity index (χ0n) is 9.76. The van der Waals surface area contributed by atoms with E-state index in [0.29, 0.717) is 0 Å². The maximum atomic E-state index is 10.8. The van der Waals surface area contributed by atoms with Crippen molar-refractivity contribution in [3.8, 4) is 0 Å². The smallest absolute Gasteiger partial charge is 0.247 e. The van der Waals surface area contributed by atoms with Gasteiger partial charge in [0, 0.05) is 6.20 Å². The molecule has 1 amide bonds. The van der Waals surface area contributed by atoms with Gasteiger partial charge in [-0.25, -0.2) is 0 Å². The second kappa shape index (κ2) is 7.84. The molecule has 0 radical (unpaired) electrons. The van der Waals surface area contributed by atoms with Crippen molar-refractivity contribution in [1.82, 2.24) is 5.32 Å². The minimum absolute atomic E-state index is 0.209. The SMILES string of the molecule is C=CC(=O)NC=C=C(C)CCC=C(C)C. The second-order valence-electron chi connectivity index (χ2n) is 3.60. The molecule has 2 nitrogen and oxygen atoms in total. The molecule has 0 spiro atoms. The van der Waals surface area contributed by atoms with E-state index < -0.39 is 0 Å². The molecule has 0 aliphatic rings. The van der Waals surface area contributed by atoms with Gasteiger partial charge in [-0.2, -0.15) is 0 Å². The summed E-state index contributed by atoms with van der Waals surface area (Å²) in [6.07, 6.45) is 6.93. The average molecular weight is 205 g/mol. The lowest BCUT2D eigenvalue weighted by Gasteiger charge is -1.94. The quantitative estimate of drug-likeness (QED) is 0.417. The molecule has 0 atom stereocenters. The monoisotopic (exact) mass is 205 g/mol. The first-order chi connectivity index (χ1) is 7.06. The summed E-state index contributed by atoms with van der Waals surface area (Å²) in [5.74, 6) is -0.209. The summed E-state index contributed by atoms with van der Waals surface area (Å²) >= 11 is 0. The van der Waals surface area contributed by atoms with Crippen molar-refractivity contribution in [2.75, 3.05) is 0 Å². The van der Waals surface area contributed by atoms with Crippen LogP contribution in [0.15, 0.2) is 41.8 Å². The Balaban J connectivity index is 4.02. The molecule has 0 bridgehead atoms. The van der Waals surface area contributed by atoms with Crippen LogP contribution in [0, 0.1) is 0 Å². The van der Waals surface area contributed by atoms with Crippen molar-refractivity contribution in [3.63, 3.8) is 0 Å². The van der Waals surface area contributed by atoms with E-state index in [4.69, 9.17) is 0 Å². The van der Waals surface area contributed by atoms with Crippen LogP contribution in [-0.4, -0.2) is 5.91 Å². The van der Waals surface area contributed by atoms with Crippen LogP contribution in [-0.2, 0) is 4.79 Å². The first-order valence-electron chi connectivity index (χ1n) is 5.03. The number of carbonyl (C=O) groups is 1. The Morgan fingerprint density at radius 1 is 1.40 bits per heavy atom. The van der Waals surface area contributed by atoms with Crippen molar-refractivity contribution in [2.24, 2.45) is 0 Å². The van der Waals surface area contributed by atoms with Crippen molar-refractivity contribution in [2.45, 2.75) is 33.6 Å². The molecular formula is C13H19NO. The van der Waals surface area contributed by atoms with Crippen LogP contribution in [0.4, 0.5) is 0 Å². The number of hydrogen-bond donors (Lipinski definition) is 1. The lowest BCUT2D eigenvalue weighted by Crippen LogP contribution is -2.12. The summed E-state index contributed by atoms with van der Waals surface area (Å²) in [6, 6.07) is 0. The van der Waals surface area contributed by atoms with Gasteiger partial charge in [0.15, 0.2) is 0 Å². The van der Waals surface area contributed by atoms with Gasteiger partial charge in [0.1, 0.15) is 0 Å². The lowest BCUT2D eigenvalue weighted by molar-refractivity contribution is -0.115. The second-order valence-corrected chi connectivity index (χ2v) is 3.60. The van der Waals surface area contributed by atoms with Gasteiger partial charge >= 0.3 is 0 Å². The van der Waals surface area contributed by atoms with Crippen LogP contribution < -0.4 is 5.32 Å². The van der Waals surface area contributed by atoms with Gasteiger partial charge in [-0.05, 0) is 45.3 Å². The molecule has 0 saturated carbocycles. The first-order valence-corrected chi connectivity index (χ1v) is 5.03. The number of hydrogen-bond acceptors (Lipinski definition) is 1. The summed E-state index contributed by atoms with van der Waals surface area (Å²) in [6.45, 7) is 9.51.